The summed E-state index contributed by atoms with van der Waals surface area (Å²) in [5.41, 5.74) is 0. The lowest BCUT2D eigenvalue weighted by atomic mass is 9.79. The van der Waals surface area contributed by atoms with Gasteiger partial charge in [-0.3, -0.25) is 0 Å². The Labute approximate surface area is 92.9 Å². The molecule has 82 valence electrons. The van der Waals surface area contributed by atoms with Crippen LogP contribution in [0.1, 0.15) is 33.1 Å². The molecule has 1 aliphatic carbocycles. The first kappa shape index (κ1) is 12.1. The average molecular weight is 216 g/mol. The summed E-state index contributed by atoms with van der Waals surface area (Å²) in [6.07, 6.45) is 8.16. The van der Waals surface area contributed by atoms with E-state index in [2.05, 4.69) is 25.2 Å². The molecular formula is C12H22ClN. The molecule has 1 saturated carbocycles. The van der Waals surface area contributed by atoms with Gasteiger partial charge in [-0.2, -0.15) is 0 Å². The molecule has 0 radical (unpaired) electrons. The number of rotatable bonds is 4. The van der Waals surface area contributed by atoms with Crippen LogP contribution in [0.2, 0.25) is 0 Å². The first-order chi connectivity index (χ1) is 6.74. The van der Waals surface area contributed by atoms with E-state index in [1.165, 1.54) is 19.3 Å². The van der Waals surface area contributed by atoms with Gasteiger partial charge in [0.1, 0.15) is 0 Å². The SMILES string of the molecule is CC1CCC(NC/C=C/CCl)CC1C. The van der Waals surface area contributed by atoms with Crippen LogP contribution in [0.5, 0.6) is 0 Å². The third-order valence-corrected chi connectivity index (χ3v) is 3.56. The van der Waals surface area contributed by atoms with Gasteiger partial charge < -0.3 is 5.32 Å². The number of hydrogen-bond acceptors (Lipinski definition) is 1. The summed E-state index contributed by atoms with van der Waals surface area (Å²) in [4.78, 5) is 0. The van der Waals surface area contributed by atoms with Crippen molar-refractivity contribution < 1.29 is 0 Å². The highest BCUT2D eigenvalue weighted by atomic mass is 35.5. The van der Waals surface area contributed by atoms with E-state index >= 15 is 0 Å². The smallest absolute Gasteiger partial charge is 0.0404 e. The van der Waals surface area contributed by atoms with E-state index < -0.39 is 0 Å². The van der Waals surface area contributed by atoms with E-state index in [0.29, 0.717) is 5.88 Å². The second-order valence-corrected chi connectivity index (χ2v) is 4.81. The molecule has 0 aromatic heterocycles. The molecule has 14 heavy (non-hydrogen) atoms. The molecular weight excluding hydrogens is 194 g/mol. The zero-order valence-corrected chi connectivity index (χ0v) is 10.1. The van der Waals surface area contributed by atoms with Crippen LogP contribution in [0.3, 0.4) is 0 Å². The molecule has 3 unspecified atom stereocenters. The summed E-state index contributed by atoms with van der Waals surface area (Å²) >= 11 is 5.55. The first-order valence-corrected chi connectivity index (χ1v) is 6.21. The molecule has 0 bridgehead atoms. The summed E-state index contributed by atoms with van der Waals surface area (Å²) < 4.78 is 0. The standard InChI is InChI=1S/C12H22ClN/c1-10-5-6-12(9-11(10)2)14-8-4-3-7-13/h3-4,10-12,14H,5-9H2,1-2H3/b4-3+. The Balaban J connectivity index is 2.16. The Kier molecular flexibility index (Phi) is 5.57. The van der Waals surface area contributed by atoms with Gasteiger partial charge in [0.2, 0.25) is 0 Å². The van der Waals surface area contributed by atoms with Gasteiger partial charge in [-0.15, -0.1) is 11.6 Å². The van der Waals surface area contributed by atoms with Crippen molar-refractivity contribution in [3.05, 3.63) is 12.2 Å². The van der Waals surface area contributed by atoms with Gasteiger partial charge >= 0.3 is 0 Å². The van der Waals surface area contributed by atoms with Gasteiger partial charge in [-0.25, -0.2) is 0 Å². The second-order valence-electron chi connectivity index (χ2n) is 4.50. The fourth-order valence-corrected chi connectivity index (χ4v) is 2.24. The lowest BCUT2D eigenvalue weighted by molar-refractivity contribution is 0.230. The number of alkyl halides is 1. The molecule has 0 aromatic carbocycles. The molecule has 0 saturated heterocycles. The molecule has 0 aromatic rings. The summed E-state index contributed by atoms with van der Waals surface area (Å²) in [5.74, 6) is 2.41. The van der Waals surface area contributed by atoms with E-state index in [1.54, 1.807) is 0 Å². The van der Waals surface area contributed by atoms with Crippen LogP contribution in [0.4, 0.5) is 0 Å². The Hall–Kier alpha value is -0.0100. The maximum Gasteiger partial charge on any atom is 0.0404 e. The monoisotopic (exact) mass is 215 g/mol. The van der Waals surface area contributed by atoms with Gasteiger partial charge in [-0.1, -0.05) is 26.0 Å². The summed E-state index contributed by atoms with van der Waals surface area (Å²) in [5, 5.41) is 3.56. The highest BCUT2D eigenvalue weighted by molar-refractivity contribution is 6.18. The maximum atomic E-state index is 5.55. The minimum atomic E-state index is 0.625. The minimum Gasteiger partial charge on any atom is -0.311 e. The van der Waals surface area contributed by atoms with Crippen LogP contribution < -0.4 is 5.32 Å². The molecule has 1 fully saturated rings. The predicted octanol–water partition coefficient (Wildman–Crippen LogP) is 3.20. The van der Waals surface area contributed by atoms with Crippen LogP contribution in [0.15, 0.2) is 12.2 Å². The molecule has 0 heterocycles. The third-order valence-electron chi connectivity index (χ3n) is 3.38. The second kappa shape index (κ2) is 6.47. The van der Waals surface area contributed by atoms with Crippen molar-refractivity contribution in [3.63, 3.8) is 0 Å². The van der Waals surface area contributed by atoms with Crippen molar-refractivity contribution in [2.45, 2.75) is 39.2 Å². The van der Waals surface area contributed by atoms with E-state index in [1.807, 2.05) is 6.08 Å². The number of hydrogen-bond donors (Lipinski definition) is 1. The van der Waals surface area contributed by atoms with Gasteiger partial charge in [0.25, 0.3) is 0 Å². The van der Waals surface area contributed by atoms with Crippen molar-refractivity contribution in [3.8, 4) is 0 Å². The summed E-state index contributed by atoms with van der Waals surface area (Å²) in [6.45, 7) is 5.71. The molecule has 0 spiro atoms. The molecule has 0 amide bonds. The number of nitrogens with one attached hydrogen (secondary N) is 1. The van der Waals surface area contributed by atoms with E-state index in [0.717, 1.165) is 24.4 Å². The maximum absolute atomic E-state index is 5.55. The Morgan fingerprint density at radius 3 is 2.64 bits per heavy atom. The molecule has 2 heteroatoms. The van der Waals surface area contributed by atoms with Crippen molar-refractivity contribution in [1.82, 2.24) is 5.32 Å². The molecule has 1 N–H and O–H groups in total. The zero-order valence-electron chi connectivity index (χ0n) is 9.30. The van der Waals surface area contributed by atoms with Gasteiger partial charge in [0, 0.05) is 18.5 Å². The summed E-state index contributed by atoms with van der Waals surface area (Å²) in [6, 6.07) is 0.723. The van der Waals surface area contributed by atoms with Crippen molar-refractivity contribution >= 4 is 11.6 Å². The lowest BCUT2D eigenvalue weighted by Gasteiger charge is -2.32. The minimum absolute atomic E-state index is 0.625. The normalized spacial score (nSPS) is 33.8. The quantitative estimate of drug-likeness (QED) is 0.561. The van der Waals surface area contributed by atoms with Gasteiger partial charge in [-0.05, 0) is 31.1 Å². The topological polar surface area (TPSA) is 12.0 Å². The third kappa shape index (κ3) is 4.02. The van der Waals surface area contributed by atoms with Crippen molar-refractivity contribution in [2.75, 3.05) is 12.4 Å². The Bertz CT molecular complexity index is 179. The zero-order chi connectivity index (χ0) is 10.4. The van der Waals surface area contributed by atoms with Gasteiger partial charge in [0.15, 0.2) is 0 Å². The van der Waals surface area contributed by atoms with Crippen LogP contribution in [0.25, 0.3) is 0 Å². The molecule has 1 nitrogen and oxygen atoms in total. The number of halogens is 1. The Morgan fingerprint density at radius 2 is 2.00 bits per heavy atom. The summed E-state index contributed by atoms with van der Waals surface area (Å²) in [7, 11) is 0. The van der Waals surface area contributed by atoms with E-state index in [-0.39, 0.29) is 0 Å². The van der Waals surface area contributed by atoms with Crippen molar-refractivity contribution in [2.24, 2.45) is 11.8 Å². The predicted molar refractivity (Wildman–Crippen MR) is 63.8 cm³/mol. The molecule has 0 aliphatic heterocycles. The van der Waals surface area contributed by atoms with Crippen LogP contribution in [-0.4, -0.2) is 18.5 Å². The highest BCUT2D eigenvalue weighted by Gasteiger charge is 2.23. The molecule has 3 atom stereocenters. The van der Waals surface area contributed by atoms with Crippen LogP contribution in [-0.2, 0) is 0 Å². The Morgan fingerprint density at radius 1 is 1.21 bits per heavy atom. The van der Waals surface area contributed by atoms with Crippen LogP contribution >= 0.6 is 11.6 Å². The average Bonchev–Trinajstić information content (AvgIpc) is 2.18. The fraction of sp³-hybridized carbons (Fsp3) is 0.833. The molecule has 1 rings (SSSR count). The fourth-order valence-electron chi connectivity index (χ4n) is 2.11. The molecule has 1 aliphatic rings. The number of allylic oxidation sites excluding steroid dienone is 1. The van der Waals surface area contributed by atoms with E-state index in [4.69, 9.17) is 11.6 Å². The lowest BCUT2D eigenvalue weighted by Crippen LogP contribution is -2.36. The van der Waals surface area contributed by atoms with Crippen LogP contribution in [0, 0.1) is 11.8 Å². The van der Waals surface area contributed by atoms with Crippen molar-refractivity contribution in [1.29, 1.82) is 0 Å². The largest absolute Gasteiger partial charge is 0.311 e. The van der Waals surface area contributed by atoms with Gasteiger partial charge in [0.05, 0.1) is 0 Å². The first-order valence-electron chi connectivity index (χ1n) is 5.68. The van der Waals surface area contributed by atoms with E-state index in [9.17, 15) is 0 Å². The highest BCUT2D eigenvalue weighted by Crippen LogP contribution is 2.29.